The fourth-order valence-electron chi connectivity index (χ4n) is 6.22. The Labute approximate surface area is 217 Å². The molecule has 1 unspecified atom stereocenters. The first-order valence-electron chi connectivity index (χ1n) is 13.5. The van der Waals surface area contributed by atoms with Gasteiger partial charge in [0.2, 0.25) is 11.8 Å². The summed E-state index contributed by atoms with van der Waals surface area (Å²) in [5.41, 5.74) is -0.230. The molecule has 4 aliphatic heterocycles. The van der Waals surface area contributed by atoms with Crippen molar-refractivity contribution in [3.63, 3.8) is 0 Å². The Kier molecular flexibility index (Phi) is 7.76. The van der Waals surface area contributed by atoms with E-state index in [4.69, 9.17) is 9.47 Å². The van der Waals surface area contributed by atoms with Gasteiger partial charge in [0, 0.05) is 26.2 Å². The lowest BCUT2D eigenvalue weighted by Crippen LogP contribution is -2.55. The number of hydrogen-bond donors (Lipinski definition) is 1. The number of cyclic esters (lactones) is 1. The predicted octanol–water partition coefficient (Wildman–Crippen LogP) is 2.61. The summed E-state index contributed by atoms with van der Waals surface area (Å²) in [6.07, 6.45) is 11.6. The minimum absolute atomic E-state index is 0.0848. The number of allylic oxidation sites excluding steroid dienone is 1. The lowest BCUT2D eigenvalue weighted by Gasteiger charge is -2.35. The molecule has 8 heteroatoms. The van der Waals surface area contributed by atoms with Gasteiger partial charge in [-0.1, -0.05) is 54.6 Å². The topological polar surface area (TPSA) is 96.4 Å². The molecule has 0 bridgehead atoms. The van der Waals surface area contributed by atoms with Crippen LogP contribution in [0.2, 0.25) is 0 Å². The quantitative estimate of drug-likeness (QED) is 0.346. The molecule has 5 rings (SSSR count). The molecule has 2 amide bonds. The van der Waals surface area contributed by atoms with Gasteiger partial charge in [-0.05, 0) is 44.1 Å². The normalized spacial score (nSPS) is 32.4. The highest BCUT2D eigenvalue weighted by atomic mass is 16.6. The highest BCUT2D eigenvalue weighted by Gasteiger charge is 2.71. The van der Waals surface area contributed by atoms with Crippen LogP contribution < -0.4 is 0 Å². The highest BCUT2D eigenvalue weighted by Crippen LogP contribution is 2.53. The van der Waals surface area contributed by atoms with Gasteiger partial charge in [0.25, 0.3) is 0 Å². The van der Waals surface area contributed by atoms with Crippen LogP contribution in [0.3, 0.4) is 0 Å². The molecule has 1 N–H and O–H groups in total. The number of hydrogen-bond acceptors (Lipinski definition) is 6. The smallest absolute Gasteiger partial charge is 0.312 e. The first kappa shape index (κ1) is 25.7. The molecule has 8 nitrogen and oxygen atoms in total. The summed E-state index contributed by atoms with van der Waals surface area (Å²) in [4.78, 5) is 44.9. The SMILES string of the molecule is O=C1OCCCC/C=C\[C@H]2O[C@]34C=CCN(Cc5ccccc5)C(=O)C3N(CCCCCO)C(=O)[C@@H]4[C@@H]12. The molecule has 1 aromatic carbocycles. The van der Waals surface area contributed by atoms with E-state index >= 15 is 0 Å². The molecule has 5 atom stereocenters. The number of rotatable bonds is 7. The van der Waals surface area contributed by atoms with Gasteiger partial charge in [-0.2, -0.15) is 0 Å². The van der Waals surface area contributed by atoms with E-state index in [9.17, 15) is 19.5 Å². The largest absolute Gasteiger partial charge is 0.465 e. The number of fused-ring (bicyclic) bond motifs is 2. The lowest BCUT2D eigenvalue weighted by atomic mass is 9.78. The molecule has 0 radical (unpaired) electrons. The Balaban J connectivity index is 1.52. The second-order valence-corrected chi connectivity index (χ2v) is 10.4. The number of likely N-dealkylation sites (tertiary alicyclic amines) is 1. The van der Waals surface area contributed by atoms with Gasteiger partial charge in [-0.15, -0.1) is 0 Å². The van der Waals surface area contributed by atoms with Crippen molar-refractivity contribution >= 4 is 17.8 Å². The van der Waals surface area contributed by atoms with Crippen LogP contribution >= 0.6 is 0 Å². The monoisotopic (exact) mass is 508 g/mol. The zero-order valence-electron chi connectivity index (χ0n) is 21.2. The molecule has 4 heterocycles. The Bertz CT molecular complexity index is 1060. The Hall–Kier alpha value is -2.97. The van der Waals surface area contributed by atoms with Crippen molar-refractivity contribution in [2.45, 2.75) is 62.8 Å². The second-order valence-electron chi connectivity index (χ2n) is 10.4. The predicted molar refractivity (Wildman–Crippen MR) is 136 cm³/mol. The summed E-state index contributed by atoms with van der Waals surface area (Å²) >= 11 is 0. The van der Waals surface area contributed by atoms with Crippen LogP contribution in [0.4, 0.5) is 0 Å². The van der Waals surface area contributed by atoms with E-state index in [1.54, 1.807) is 9.80 Å². The van der Waals surface area contributed by atoms with E-state index in [-0.39, 0.29) is 18.4 Å². The molecule has 0 aromatic heterocycles. The maximum atomic E-state index is 14.2. The van der Waals surface area contributed by atoms with Crippen LogP contribution in [0.5, 0.6) is 0 Å². The Morgan fingerprint density at radius 3 is 2.65 bits per heavy atom. The molecule has 0 aliphatic carbocycles. The van der Waals surface area contributed by atoms with E-state index in [2.05, 4.69) is 0 Å². The number of amides is 2. The number of unbranched alkanes of at least 4 members (excludes halogenated alkanes) is 2. The third-order valence-corrected chi connectivity index (χ3v) is 7.96. The number of esters is 1. The third-order valence-electron chi connectivity index (χ3n) is 7.96. The first-order valence-corrected chi connectivity index (χ1v) is 13.5. The van der Waals surface area contributed by atoms with Crippen molar-refractivity contribution in [1.29, 1.82) is 0 Å². The summed E-state index contributed by atoms with van der Waals surface area (Å²) in [5.74, 6) is -2.46. The molecule has 4 aliphatic rings. The zero-order chi connectivity index (χ0) is 25.8. The summed E-state index contributed by atoms with van der Waals surface area (Å²) in [6.45, 7) is 1.58. The standard InChI is InChI=1S/C29H36N2O6/c32-18-9-4-8-17-31-25-27(34)30(20-21-12-5-3-6-13-21)16-11-15-29(25)24(26(31)33)23-22(37-29)14-7-1-2-10-19-36-28(23)35/h3,5-7,11-15,22-25,32H,1-2,4,8-10,16-20H2/b14-7-/t22-,23+,24+,25?,29+/m1/s1. The molecule has 1 spiro atoms. The highest BCUT2D eigenvalue weighted by molar-refractivity contribution is 5.99. The Morgan fingerprint density at radius 1 is 1.00 bits per heavy atom. The molecule has 0 saturated carbocycles. The zero-order valence-corrected chi connectivity index (χ0v) is 21.2. The number of benzene rings is 1. The molecule has 1 aromatic rings. The van der Waals surface area contributed by atoms with Crippen molar-refractivity contribution in [2.24, 2.45) is 11.8 Å². The minimum atomic E-state index is -1.23. The van der Waals surface area contributed by atoms with Gasteiger partial charge in [0.05, 0.1) is 18.6 Å². The number of nitrogens with zero attached hydrogens (tertiary/aromatic N) is 2. The molecular formula is C29H36N2O6. The van der Waals surface area contributed by atoms with Crippen molar-refractivity contribution < 1.29 is 29.0 Å². The van der Waals surface area contributed by atoms with Crippen molar-refractivity contribution in [3.05, 3.63) is 60.2 Å². The van der Waals surface area contributed by atoms with Gasteiger partial charge >= 0.3 is 5.97 Å². The summed E-state index contributed by atoms with van der Waals surface area (Å²) in [5, 5.41) is 9.20. The lowest BCUT2D eigenvalue weighted by molar-refractivity contribution is -0.155. The summed E-state index contributed by atoms with van der Waals surface area (Å²) in [7, 11) is 0. The van der Waals surface area contributed by atoms with Crippen LogP contribution in [-0.2, 0) is 30.4 Å². The van der Waals surface area contributed by atoms with Crippen LogP contribution in [0, 0.1) is 11.8 Å². The van der Waals surface area contributed by atoms with E-state index < -0.39 is 35.6 Å². The molecule has 198 valence electrons. The summed E-state index contributed by atoms with van der Waals surface area (Å²) < 4.78 is 12.2. The van der Waals surface area contributed by atoms with Crippen molar-refractivity contribution in [3.8, 4) is 0 Å². The Morgan fingerprint density at radius 2 is 1.84 bits per heavy atom. The van der Waals surface area contributed by atoms with Crippen LogP contribution in [0.25, 0.3) is 0 Å². The second kappa shape index (κ2) is 11.2. The molecule has 37 heavy (non-hydrogen) atoms. The fraction of sp³-hybridized carbons (Fsp3) is 0.552. The number of ether oxygens (including phenoxy) is 2. The fourth-order valence-corrected chi connectivity index (χ4v) is 6.22. The van der Waals surface area contributed by atoms with Gasteiger partial charge in [-0.25, -0.2) is 0 Å². The van der Waals surface area contributed by atoms with E-state index in [1.807, 2.05) is 54.6 Å². The maximum Gasteiger partial charge on any atom is 0.312 e. The van der Waals surface area contributed by atoms with Gasteiger partial charge in [0.1, 0.15) is 17.6 Å². The van der Waals surface area contributed by atoms with Gasteiger partial charge < -0.3 is 24.4 Å². The van der Waals surface area contributed by atoms with Gasteiger partial charge in [0.15, 0.2) is 0 Å². The number of aliphatic hydroxyl groups is 1. The third kappa shape index (κ3) is 4.84. The van der Waals surface area contributed by atoms with Crippen molar-refractivity contribution in [2.75, 3.05) is 26.3 Å². The van der Waals surface area contributed by atoms with Crippen LogP contribution in [0.15, 0.2) is 54.6 Å². The number of aliphatic hydroxyl groups excluding tert-OH is 1. The number of carbonyl (C=O) groups excluding carboxylic acids is 3. The molecule has 2 saturated heterocycles. The summed E-state index contributed by atoms with van der Waals surface area (Å²) in [6, 6.07) is 8.92. The van der Waals surface area contributed by atoms with Crippen molar-refractivity contribution in [1.82, 2.24) is 9.80 Å². The molecular weight excluding hydrogens is 472 g/mol. The van der Waals surface area contributed by atoms with Crippen LogP contribution in [-0.4, -0.2) is 76.7 Å². The van der Waals surface area contributed by atoms with Gasteiger partial charge in [-0.3, -0.25) is 14.4 Å². The van der Waals surface area contributed by atoms with E-state index in [0.29, 0.717) is 39.1 Å². The number of carbonyl (C=O) groups is 3. The van der Waals surface area contributed by atoms with Crippen LogP contribution in [0.1, 0.15) is 44.1 Å². The average molecular weight is 509 g/mol. The minimum Gasteiger partial charge on any atom is -0.465 e. The maximum absolute atomic E-state index is 14.2. The average Bonchev–Trinajstić information content (AvgIpc) is 3.29. The van der Waals surface area contributed by atoms with E-state index in [1.165, 1.54) is 0 Å². The van der Waals surface area contributed by atoms with E-state index in [0.717, 1.165) is 31.2 Å². The first-order chi connectivity index (χ1) is 18.1. The molecule has 2 fully saturated rings.